The van der Waals surface area contributed by atoms with Crippen molar-refractivity contribution in [3.63, 3.8) is 0 Å². The van der Waals surface area contributed by atoms with Crippen LogP contribution in [-0.4, -0.2) is 27.4 Å². The third-order valence-corrected chi connectivity index (χ3v) is 8.65. The van der Waals surface area contributed by atoms with E-state index in [0.29, 0.717) is 24.0 Å². The summed E-state index contributed by atoms with van der Waals surface area (Å²) in [5, 5.41) is 28.4. The minimum atomic E-state index is -0.663. The molecule has 5 atom stereocenters. The summed E-state index contributed by atoms with van der Waals surface area (Å²) in [6.07, 6.45) is 15.4. The van der Waals surface area contributed by atoms with Gasteiger partial charge in [0, 0.05) is 6.42 Å². The van der Waals surface area contributed by atoms with Gasteiger partial charge in [0.1, 0.15) is 5.75 Å². The summed E-state index contributed by atoms with van der Waals surface area (Å²) < 4.78 is 0. The molecule has 0 unspecified atom stereocenters. The van der Waals surface area contributed by atoms with E-state index in [4.69, 9.17) is 5.11 Å². The third-order valence-electron chi connectivity index (χ3n) is 8.65. The first-order chi connectivity index (χ1) is 15.4. The molecule has 3 aliphatic rings. The number of aryl methyl sites for hydroxylation is 1. The Balaban J connectivity index is 0.000000210. The molecule has 1 aromatic carbocycles. The number of rotatable bonds is 8. The van der Waals surface area contributed by atoms with Gasteiger partial charge in [0.15, 0.2) is 0 Å². The molecule has 0 aromatic heterocycles. The van der Waals surface area contributed by atoms with Crippen LogP contribution in [-0.2, 0) is 11.2 Å². The van der Waals surface area contributed by atoms with Crippen molar-refractivity contribution in [2.45, 2.75) is 116 Å². The van der Waals surface area contributed by atoms with Crippen molar-refractivity contribution in [1.82, 2.24) is 0 Å². The summed E-state index contributed by atoms with van der Waals surface area (Å²) >= 11 is 0. The van der Waals surface area contributed by atoms with Crippen molar-refractivity contribution in [3.8, 4) is 5.75 Å². The Morgan fingerprint density at radius 2 is 1.75 bits per heavy atom. The van der Waals surface area contributed by atoms with Gasteiger partial charge in [-0.1, -0.05) is 58.4 Å². The number of aromatic hydroxyl groups is 1. The predicted molar refractivity (Wildman–Crippen MR) is 129 cm³/mol. The van der Waals surface area contributed by atoms with Gasteiger partial charge >= 0.3 is 5.97 Å². The number of aliphatic carboxylic acids is 1. The number of fused-ring (bicyclic) bond motifs is 5. The van der Waals surface area contributed by atoms with Crippen LogP contribution >= 0.6 is 0 Å². The molecular formula is C28H44O4. The molecule has 0 bridgehead atoms. The average molecular weight is 445 g/mol. The topological polar surface area (TPSA) is 77.8 Å². The maximum atomic E-state index is 10.4. The number of carboxylic acid groups (broad SMARTS) is 1. The number of carboxylic acids is 1. The minimum absolute atomic E-state index is 0.0883. The zero-order chi connectivity index (χ0) is 23.1. The van der Waals surface area contributed by atoms with Crippen molar-refractivity contribution < 1.29 is 20.1 Å². The number of hydrogen-bond acceptors (Lipinski definition) is 3. The van der Waals surface area contributed by atoms with E-state index in [1.807, 2.05) is 12.1 Å². The van der Waals surface area contributed by atoms with E-state index < -0.39 is 5.97 Å². The van der Waals surface area contributed by atoms with Crippen molar-refractivity contribution in [3.05, 3.63) is 29.3 Å². The Labute approximate surface area is 194 Å². The van der Waals surface area contributed by atoms with E-state index >= 15 is 0 Å². The Hall–Kier alpha value is -1.55. The number of benzene rings is 1. The lowest BCUT2D eigenvalue weighted by molar-refractivity contribution is -0.137. The highest BCUT2D eigenvalue weighted by atomic mass is 16.4. The molecule has 0 radical (unpaired) electrons. The van der Waals surface area contributed by atoms with Crippen LogP contribution in [0.25, 0.3) is 0 Å². The molecule has 32 heavy (non-hydrogen) atoms. The van der Waals surface area contributed by atoms with E-state index in [-0.39, 0.29) is 11.5 Å². The molecule has 0 spiro atoms. The van der Waals surface area contributed by atoms with Gasteiger partial charge in [0.2, 0.25) is 0 Å². The van der Waals surface area contributed by atoms with E-state index in [1.54, 1.807) is 0 Å². The third kappa shape index (κ3) is 5.87. The minimum Gasteiger partial charge on any atom is -0.508 e. The van der Waals surface area contributed by atoms with Crippen LogP contribution in [0.5, 0.6) is 5.75 Å². The number of unbranched alkanes of at least 4 members (excludes halogenated alkanes) is 6. The zero-order valence-electron chi connectivity index (χ0n) is 20.2. The van der Waals surface area contributed by atoms with Gasteiger partial charge in [-0.2, -0.15) is 0 Å². The summed E-state index contributed by atoms with van der Waals surface area (Å²) in [6.45, 7) is 4.52. The Kier molecular flexibility index (Phi) is 9.04. The fraction of sp³-hybridized carbons (Fsp3) is 0.750. The fourth-order valence-electron chi connectivity index (χ4n) is 6.77. The molecule has 0 heterocycles. The summed E-state index contributed by atoms with van der Waals surface area (Å²) in [5.74, 6) is 1.83. The number of carbonyl (C=O) groups is 1. The summed E-state index contributed by atoms with van der Waals surface area (Å²) in [6, 6.07) is 5.96. The van der Waals surface area contributed by atoms with Gasteiger partial charge in [0.05, 0.1) is 6.10 Å². The molecule has 180 valence electrons. The smallest absolute Gasteiger partial charge is 0.303 e. The van der Waals surface area contributed by atoms with Crippen molar-refractivity contribution >= 4 is 5.97 Å². The molecular weight excluding hydrogens is 400 g/mol. The first kappa shape index (κ1) is 25.1. The largest absolute Gasteiger partial charge is 0.508 e. The second-order valence-electron chi connectivity index (χ2n) is 10.7. The second kappa shape index (κ2) is 11.5. The Morgan fingerprint density at radius 3 is 2.47 bits per heavy atom. The summed E-state index contributed by atoms with van der Waals surface area (Å²) in [4.78, 5) is 10.1. The lowest BCUT2D eigenvalue weighted by atomic mass is 9.55. The maximum absolute atomic E-state index is 10.4. The molecule has 1 aromatic rings. The normalized spacial score (nSPS) is 30.5. The zero-order valence-corrected chi connectivity index (χ0v) is 20.2. The summed E-state index contributed by atoms with van der Waals surface area (Å²) in [5.41, 5.74) is 2.99. The number of hydrogen-bond donors (Lipinski definition) is 3. The molecule has 0 amide bonds. The highest BCUT2D eigenvalue weighted by Crippen LogP contribution is 2.60. The molecule has 3 N–H and O–H groups in total. The Morgan fingerprint density at radius 1 is 1.03 bits per heavy atom. The van der Waals surface area contributed by atoms with Crippen LogP contribution in [0.1, 0.15) is 114 Å². The van der Waals surface area contributed by atoms with Gasteiger partial charge in [-0.05, 0) is 91.4 Å². The summed E-state index contributed by atoms with van der Waals surface area (Å²) in [7, 11) is 0. The van der Waals surface area contributed by atoms with Gasteiger partial charge in [-0.3, -0.25) is 4.79 Å². The molecule has 0 saturated heterocycles. The molecule has 3 aliphatic carbocycles. The highest BCUT2D eigenvalue weighted by Gasteiger charge is 2.54. The van der Waals surface area contributed by atoms with Crippen LogP contribution in [0.15, 0.2) is 18.2 Å². The predicted octanol–water partition coefficient (Wildman–Crippen LogP) is 6.82. The lowest BCUT2D eigenvalue weighted by Crippen LogP contribution is -2.43. The number of phenols is 1. The Bertz CT molecular complexity index is 745. The highest BCUT2D eigenvalue weighted by molar-refractivity contribution is 5.66. The SMILES string of the molecule is CCCCCCCCCC(=O)O.C[C@]12CC[C@@H]3c4ccc(O)cc4CC[C@H]3[C@@H]1CC[C@@H]2O. The van der Waals surface area contributed by atoms with Crippen LogP contribution < -0.4 is 0 Å². The van der Waals surface area contributed by atoms with E-state index in [9.17, 15) is 15.0 Å². The fourth-order valence-corrected chi connectivity index (χ4v) is 6.77. The number of aliphatic hydroxyl groups is 1. The van der Waals surface area contributed by atoms with E-state index in [1.165, 1.54) is 62.5 Å². The van der Waals surface area contributed by atoms with Crippen LogP contribution in [0.4, 0.5) is 0 Å². The maximum Gasteiger partial charge on any atom is 0.303 e. The first-order valence-electron chi connectivity index (χ1n) is 13.1. The van der Waals surface area contributed by atoms with Crippen molar-refractivity contribution in [1.29, 1.82) is 0 Å². The van der Waals surface area contributed by atoms with Gasteiger partial charge in [0.25, 0.3) is 0 Å². The quantitative estimate of drug-likeness (QED) is 0.384. The average Bonchev–Trinajstić information content (AvgIpc) is 3.07. The molecule has 4 nitrogen and oxygen atoms in total. The molecule has 2 saturated carbocycles. The molecule has 2 fully saturated rings. The van der Waals surface area contributed by atoms with Crippen LogP contribution in [0.2, 0.25) is 0 Å². The molecule has 4 rings (SSSR count). The molecule has 4 heteroatoms. The van der Waals surface area contributed by atoms with Crippen molar-refractivity contribution in [2.24, 2.45) is 17.3 Å². The van der Waals surface area contributed by atoms with E-state index in [0.717, 1.165) is 38.0 Å². The number of aliphatic hydroxyl groups excluding tert-OH is 1. The number of phenolic OH excluding ortho intramolecular Hbond substituents is 1. The second-order valence-corrected chi connectivity index (χ2v) is 10.7. The monoisotopic (exact) mass is 444 g/mol. The standard InChI is InChI=1S/C18H24O2.C10H20O2/c1-18-9-8-14-13-5-3-12(19)10-11(13)2-4-15(14)16(18)6-7-17(18)20;1-2-3-4-5-6-7-8-9-10(11)12/h3,5,10,14-17,19-20H,2,4,6-9H2,1H3;2-9H2,1H3,(H,11,12)/t14-,15-,16+,17+,18+;/m1./s1. The lowest BCUT2D eigenvalue weighted by Gasteiger charge is -2.50. The van der Waals surface area contributed by atoms with Crippen LogP contribution in [0, 0.1) is 17.3 Å². The van der Waals surface area contributed by atoms with Crippen molar-refractivity contribution in [2.75, 3.05) is 0 Å². The van der Waals surface area contributed by atoms with Gasteiger partial charge < -0.3 is 15.3 Å². The van der Waals surface area contributed by atoms with E-state index in [2.05, 4.69) is 19.9 Å². The van der Waals surface area contributed by atoms with Gasteiger partial charge in [-0.15, -0.1) is 0 Å². The first-order valence-corrected chi connectivity index (χ1v) is 13.1. The van der Waals surface area contributed by atoms with Crippen LogP contribution in [0.3, 0.4) is 0 Å². The van der Waals surface area contributed by atoms with Gasteiger partial charge in [-0.25, -0.2) is 0 Å². The molecule has 0 aliphatic heterocycles.